The molecule has 0 bridgehead atoms. The molecule has 1 N–H and O–H groups in total. The van der Waals surface area contributed by atoms with Gasteiger partial charge in [0.25, 0.3) is 5.91 Å². The number of rotatable bonds is 2. The van der Waals surface area contributed by atoms with Crippen molar-refractivity contribution in [2.45, 2.75) is 32.5 Å². The Morgan fingerprint density at radius 3 is 2.11 bits per heavy atom. The van der Waals surface area contributed by atoms with Crippen LogP contribution in [0.25, 0.3) is 0 Å². The van der Waals surface area contributed by atoms with Gasteiger partial charge in [-0.25, -0.2) is 4.79 Å². The summed E-state index contributed by atoms with van der Waals surface area (Å²) < 4.78 is 0. The van der Waals surface area contributed by atoms with E-state index in [1.807, 2.05) is 32.0 Å². The minimum atomic E-state index is -0.869. The summed E-state index contributed by atoms with van der Waals surface area (Å²) in [5, 5.41) is 2.98. The largest absolute Gasteiger partial charge is 0.329 e. The molecule has 0 saturated carbocycles. The van der Waals surface area contributed by atoms with Crippen LogP contribution in [0.2, 0.25) is 0 Å². The van der Waals surface area contributed by atoms with Gasteiger partial charge in [-0.3, -0.25) is 14.5 Å². The van der Waals surface area contributed by atoms with E-state index in [9.17, 15) is 14.4 Å². The van der Waals surface area contributed by atoms with Crippen LogP contribution in [0, 0.1) is 13.8 Å². The van der Waals surface area contributed by atoms with Crippen molar-refractivity contribution in [2.24, 2.45) is 0 Å². The fourth-order valence-electron chi connectivity index (χ4n) is 3.65. The van der Waals surface area contributed by atoms with Gasteiger partial charge in [-0.15, -0.1) is 0 Å². The van der Waals surface area contributed by atoms with Gasteiger partial charge in [0, 0.05) is 39.0 Å². The van der Waals surface area contributed by atoms with E-state index in [1.165, 1.54) is 16.7 Å². The summed E-state index contributed by atoms with van der Waals surface area (Å²) in [6.07, 6.45) is 6.18. The highest BCUT2D eigenvalue weighted by Crippen LogP contribution is 2.34. The average Bonchev–Trinajstić information content (AvgIpc) is 2.77. The number of carbonyl (C=O) groups is 3. The van der Waals surface area contributed by atoms with Gasteiger partial charge in [0.15, 0.2) is 0 Å². The summed E-state index contributed by atoms with van der Waals surface area (Å²) in [5.41, 5.74) is 1.67. The van der Waals surface area contributed by atoms with E-state index in [0.717, 1.165) is 11.1 Å². The van der Waals surface area contributed by atoms with Crippen molar-refractivity contribution in [3.8, 4) is 0 Å². The molecule has 7 heteroatoms. The summed E-state index contributed by atoms with van der Waals surface area (Å²) in [6, 6.07) is 5.42. The summed E-state index contributed by atoms with van der Waals surface area (Å²) >= 11 is 0. The van der Waals surface area contributed by atoms with Crippen LogP contribution in [-0.4, -0.2) is 58.3 Å². The van der Waals surface area contributed by atoms with Crippen LogP contribution >= 0.6 is 0 Å². The molecule has 0 aliphatic carbocycles. The minimum Gasteiger partial charge on any atom is -0.329 e. The Morgan fingerprint density at radius 2 is 1.59 bits per heavy atom. The summed E-state index contributed by atoms with van der Waals surface area (Å²) in [4.78, 5) is 41.5. The predicted molar refractivity (Wildman–Crippen MR) is 102 cm³/mol. The predicted octanol–water partition coefficient (Wildman–Crippen LogP) is 1.98. The highest BCUT2D eigenvalue weighted by atomic mass is 16.2. The van der Waals surface area contributed by atoms with Crippen molar-refractivity contribution in [1.82, 2.24) is 20.0 Å². The van der Waals surface area contributed by atoms with E-state index in [1.54, 1.807) is 43.5 Å². The number of nitrogens with one attached hydrogen (secondary N) is 1. The molecule has 0 radical (unpaired) electrons. The first-order valence-corrected chi connectivity index (χ1v) is 8.73. The molecule has 1 atom stereocenters. The number of nitrogens with zero attached hydrogens (tertiary/aromatic N) is 3. The van der Waals surface area contributed by atoms with Gasteiger partial charge in [-0.05, 0) is 38.1 Å². The van der Waals surface area contributed by atoms with Crippen LogP contribution < -0.4 is 5.32 Å². The van der Waals surface area contributed by atoms with Crippen LogP contribution in [-0.2, 0) is 4.79 Å². The lowest BCUT2D eigenvalue weighted by Crippen LogP contribution is -2.57. The van der Waals surface area contributed by atoms with Crippen molar-refractivity contribution in [2.75, 3.05) is 14.1 Å². The molecule has 0 aromatic heterocycles. The smallest absolute Gasteiger partial charge is 0.322 e. The molecular formula is C20H24N4O3. The zero-order chi connectivity index (χ0) is 19.9. The monoisotopic (exact) mass is 368 g/mol. The van der Waals surface area contributed by atoms with Crippen LogP contribution in [0.4, 0.5) is 4.79 Å². The van der Waals surface area contributed by atoms with Crippen molar-refractivity contribution in [3.63, 3.8) is 0 Å². The molecule has 2 aliphatic heterocycles. The second-order valence-electron chi connectivity index (χ2n) is 7.15. The molecule has 142 valence electrons. The third-order valence-electron chi connectivity index (χ3n) is 5.11. The number of likely N-dealkylation sites (N-methyl/N-ethyl adjacent to an activating group) is 2. The number of benzene rings is 1. The number of urea groups is 1. The van der Waals surface area contributed by atoms with Gasteiger partial charge in [-0.1, -0.05) is 17.2 Å². The lowest BCUT2D eigenvalue weighted by atomic mass is 9.92. The molecule has 3 rings (SSSR count). The first-order chi connectivity index (χ1) is 12.7. The van der Waals surface area contributed by atoms with E-state index in [2.05, 4.69) is 5.32 Å². The first kappa shape index (κ1) is 18.7. The standard InChI is InChI=1S/C20H24N4O3/c1-13-10-14(2)12-16(11-13)17(26)21-18-20(23(5)19(27)22(18)4)6-8-24(9-7-20)15(3)25/h6-12,18H,1-5H3,(H,21,26). The molecule has 1 fully saturated rings. The van der Waals surface area contributed by atoms with Crippen molar-refractivity contribution < 1.29 is 14.4 Å². The third kappa shape index (κ3) is 3.09. The fraction of sp³-hybridized carbons (Fsp3) is 0.350. The fourth-order valence-corrected chi connectivity index (χ4v) is 3.65. The molecule has 1 aromatic carbocycles. The lowest BCUT2D eigenvalue weighted by Gasteiger charge is -2.37. The Kier molecular flexibility index (Phi) is 4.55. The second-order valence-corrected chi connectivity index (χ2v) is 7.15. The van der Waals surface area contributed by atoms with Crippen molar-refractivity contribution >= 4 is 17.8 Å². The Labute approximate surface area is 158 Å². The summed E-state index contributed by atoms with van der Waals surface area (Å²) in [6.45, 7) is 5.34. The molecule has 1 aromatic rings. The highest BCUT2D eigenvalue weighted by Gasteiger charge is 2.53. The Hall–Kier alpha value is -3.09. The van der Waals surface area contributed by atoms with Gasteiger partial charge in [0.2, 0.25) is 5.91 Å². The molecule has 2 heterocycles. The van der Waals surface area contributed by atoms with Gasteiger partial charge < -0.3 is 15.1 Å². The molecule has 2 aliphatic rings. The third-order valence-corrected chi connectivity index (χ3v) is 5.11. The molecule has 7 nitrogen and oxygen atoms in total. The number of carbonyl (C=O) groups excluding carboxylic acids is 3. The van der Waals surface area contributed by atoms with Crippen LogP contribution in [0.5, 0.6) is 0 Å². The summed E-state index contributed by atoms with van der Waals surface area (Å²) in [5.74, 6) is -0.384. The van der Waals surface area contributed by atoms with Gasteiger partial charge in [0.1, 0.15) is 11.7 Å². The molecule has 1 unspecified atom stereocenters. The van der Waals surface area contributed by atoms with E-state index in [0.29, 0.717) is 5.56 Å². The van der Waals surface area contributed by atoms with Crippen LogP contribution in [0.3, 0.4) is 0 Å². The number of aryl methyl sites for hydroxylation is 2. The lowest BCUT2D eigenvalue weighted by molar-refractivity contribution is -0.124. The van der Waals surface area contributed by atoms with Crippen molar-refractivity contribution in [3.05, 3.63) is 59.4 Å². The number of hydrogen-bond acceptors (Lipinski definition) is 3. The normalized spacial score (nSPS) is 20.6. The first-order valence-electron chi connectivity index (χ1n) is 8.73. The number of hydrogen-bond donors (Lipinski definition) is 1. The van der Waals surface area contributed by atoms with E-state index >= 15 is 0 Å². The molecule has 1 spiro atoms. The van der Waals surface area contributed by atoms with Crippen LogP contribution in [0.1, 0.15) is 28.4 Å². The quantitative estimate of drug-likeness (QED) is 0.868. The maximum absolute atomic E-state index is 12.9. The SMILES string of the molecule is CC(=O)N1C=CC2(C=C1)C(NC(=O)c1cc(C)cc(C)c1)N(C)C(=O)N2C. The van der Waals surface area contributed by atoms with E-state index < -0.39 is 11.7 Å². The topological polar surface area (TPSA) is 73.0 Å². The zero-order valence-electron chi connectivity index (χ0n) is 16.2. The zero-order valence-corrected chi connectivity index (χ0v) is 16.2. The van der Waals surface area contributed by atoms with Gasteiger partial charge >= 0.3 is 6.03 Å². The maximum atomic E-state index is 12.9. The average molecular weight is 368 g/mol. The molecule has 1 saturated heterocycles. The van der Waals surface area contributed by atoms with Gasteiger partial charge in [-0.2, -0.15) is 0 Å². The molecule has 4 amide bonds. The van der Waals surface area contributed by atoms with E-state index in [-0.39, 0.29) is 17.8 Å². The minimum absolute atomic E-state index is 0.131. The molecule has 27 heavy (non-hydrogen) atoms. The second kappa shape index (κ2) is 6.57. The number of amides is 4. The Balaban J connectivity index is 1.93. The van der Waals surface area contributed by atoms with Crippen LogP contribution in [0.15, 0.2) is 42.8 Å². The van der Waals surface area contributed by atoms with Crippen molar-refractivity contribution in [1.29, 1.82) is 0 Å². The Bertz CT molecular complexity index is 840. The molecular weight excluding hydrogens is 344 g/mol. The van der Waals surface area contributed by atoms with E-state index in [4.69, 9.17) is 0 Å². The maximum Gasteiger partial charge on any atom is 0.322 e. The Morgan fingerprint density at radius 1 is 1.04 bits per heavy atom. The summed E-state index contributed by atoms with van der Waals surface area (Å²) in [7, 11) is 3.33. The highest BCUT2D eigenvalue weighted by molar-refractivity contribution is 5.95. The van der Waals surface area contributed by atoms with Gasteiger partial charge in [0.05, 0.1) is 0 Å².